The van der Waals surface area contributed by atoms with E-state index < -0.39 is 10.0 Å². The lowest BCUT2D eigenvalue weighted by molar-refractivity contribution is -0.111. The van der Waals surface area contributed by atoms with Gasteiger partial charge in [0.2, 0.25) is 15.9 Å². The van der Waals surface area contributed by atoms with Crippen molar-refractivity contribution in [3.8, 4) is 6.07 Å². The normalized spacial score (nSPS) is 11.4. The first-order valence-electron chi connectivity index (χ1n) is 9.48. The Morgan fingerprint density at radius 3 is 2.32 bits per heavy atom. The summed E-state index contributed by atoms with van der Waals surface area (Å²) in [6, 6.07) is 24.4. The third-order valence-electron chi connectivity index (χ3n) is 4.57. The molecule has 3 rings (SSSR count). The van der Waals surface area contributed by atoms with Crippen LogP contribution in [-0.2, 0) is 21.4 Å². The second-order valence-electron chi connectivity index (χ2n) is 6.79. The summed E-state index contributed by atoms with van der Waals surface area (Å²) in [5.41, 5.74) is 2.47. The van der Waals surface area contributed by atoms with Crippen LogP contribution in [0.5, 0.6) is 0 Å². The first-order valence-corrected chi connectivity index (χ1v) is 10.9. The van der Waals surface area contributed by atoms with Crippen LogP contribution < -0.4 is 5.32 Å². The Hall–Kier alpha value is -3.73. The van der Waals surface area contributed by atoms with E-state index in [1.807, 2.05) is 30.3 Å². The third kappa shape index (κ3) is 5.66. The Labute approximate surface area is 182 Å². The van der Waals surface area contributed by atoms with Crippen LogP contribution >= 0.6 is 0 Å². The molecule has 31 heavy (non-hydrogen) atoms. The van der Waals surface area contributed by atoms with Crippen LogP contribution in [0.15, 0.2) is 89.8 Å². The molecule has 0 aromatic heterocycles. The molecule has 0 unspecified atom stereocenters. The fourth-order valence-corrected chi connectivity index (χ4v) is 4.07. The maximum Gasteiger partial charge on any atom is 0.248 e. The van der Waals surface area contributed by atoms with Gasteiger partial charge in [0.05, 0.1) is 16.5 Å². The highest BCUT2D eigenvalue weighted by atomic mass is 32.2. The monoisotopic (exact) mass is 431 g/mol. The summed E-state index contributed by atoms with van der Waals surface area (Å²) < 4.78 is 26.9. The van der Waals surface area contributed by atoms with Gasteiger partial charge in [0.15, 0.2) is 0 Å². The number of hydrogen-bond donors (Lipinski definition) is 1. The van der Waals surface area contributed by atoms with Crippen LogP contribution in [0.1, 0.15) is 16.7 Å². The number of nitriles is 1. The summed E-state index contributed by atoms with van der Waals surface area (Å²) >= 11 is 0. The number of hydrogen-bond acceptors (Lipinski definition) is 4. The van der Waals surface area contributed by atoms with Crippen molar-refractivity contribution in [1.29, 1.82) is 5.26 Å². The minimum absolute atomic E-state index is 0.141. The molecule has 0 bridgehead atoms. The Kier molecular flexibility index (Phi) is 6.98. The molecule has 0 spiro atoms. The molecule has 0 aliphatic carbocycles. The molecule has 1 amide bonds. The number of anilines is 1. The largest absolute Gasteiger partial charge is 0.323 e. The van der Waals surface area contributed by atoms with Crippen LogP contribution in [0, 0.1) is 11.3 Å². The van der Waals surface area contributed by atoms with Gasteiger partial charge in [0, 0.05) is 25.4 Å². The predicted molar refractivity (Wildman–Crippen MR) is 120 cm³/mol. The molecule has 3 aromatic carbocycles. The van der Waals surface area contributed by atoms with Crippen molar-refractivity contribution in [3.05, 3.63) is 102 Å². The number of nitrogens with zero attached hydrogens (tertiary/aromatic N) is 2. The first kappa shape index (κ1) is 22.0. The lowest BCUT2D eigenvalue weighted by atomic mass is 10.1. The van der Waals surface area contributed by atoms with Crippen LogP contribution in [-0.4, -0.2) is 25.7 Å². The molecule has 6 nitrogen and oxygen atoms in total. The fraction of sp³-hybridized carbons (Fsp3) is 0.0833. The Balaban J connectivity index is 1.66. The number of carbonyl (C=O) groups is 1. The topological polar surface area (TPSA) is 90.3 Å². The standard InChI is InChI=1S/C24H21N3O3S/c1-27(18-19-7-3-2-4-8-19)31(29,30)23-14-12-22(13-15-23)26-24(28)16-11-20-9-5-6-10-21(20)17-25/h2-16H,18H2,1H3,(H,26,28)/b16-11+. The number of carbonyl (C=O) groups excluding carboxylic acids is 1. The van der Waals surface area contributed by atoms with Crippen LogP contribution in [0.2, 0.25) is 0 Å². The zero-order chi connectivity index (χ0) is 22.3. The molecular weight excluding hydrogens is 410 g/mol. The van der Waals surface area contributed by atoms with Gasteiger partial charge in [-0.2, -0.15) is 9.57 Å². The van der Waals surface area contributed by atoms with Crippen molar-refractivity contribution in [2.24, 2.45) is 0 Å². The molecule has 0 heterocycles. The summed E-state index contributed by atoms with van der Waals surface area (Å²) in [6.45, 7) is 0.261. The van der Waals surface area contributed by atoms with E-state index in [1.54, 1.807) is 30.3 Å². The average Bonchev–Trinajstić information content (AvgIpc) is 2.79. The van der Waals surface area contributed by atoms with Gasteiger partial charge in [0.1, 0.15) is 0 Å². The van der Waals surface area contributed by atoms with Crippen LogP contribution in [0.25, 0.3) is 6.08 Å². The SMILES string of the molecule is CN(Cc1ccccc1)S(=O)(=O)c1ccc(NC(=O)/C=C/c2ccccc2C#N)cc1. The van der Waals surface area contributed by atoms with E-state index in [1.165, 1.54) is 41.7 Å². The molecule has 0 saturated carbocycles. The highest BCUT2D eigenvalue weighted by molar-refractivity contribution is 7.89. The van der Waals surface area contributed by atoms with Crippen molar-refractivity contribution in [2.75, 3.05) is 12.4 Å². The molecule has 156 valence electrons. The third-order valence-corrected chi connectivity index (χ3v) is 6.39. The Morgan fingerprint density at radius 2 is 1.65 bits per heavy atom. The predicted octanol–water partition coefficient (Wildman–Crippen LogP) is 4.03. The minimum Gasteiger partial charge on any atom is -0.323 e. The second-order valence-corrected chi connectivity index (χ2v) is 8.84. The molecule has 0 fully saturated rings. The van der Waals surface area contributed by atoms with Gasteiger partial charge < -0.3 is 5.32 Å². The van der Waals surface area contributed by atoms with E-state index >= 15 is 0 Å². The molecule has 0 aliphatic rings. The lowest BCUT2D eigenvalue weighted by Gasteiger charge is -2.17. The molecule has 0 saturated heterocycles. The van der Waals surface area contributed by atoms with E-state index in [2.05, 4.69) is 11.4 Å². The minimum atomic E-state index is -3.66. The van der Waals surface area contributed by atoms with Gasteiger partial charge >= 0.3 is 0 Å². The smallest absolute Gasteiger partial charge is 0.248 e. The van der Waals surface area contributed by atoms with Crippen molar-refractivity contribution in [3.63, 3.8) is 0 Å². The molecule has 3 aromatic rings. The molecule has 1 N–H and O–H groups in total. The summed E-state index contributed by atoms with van der Waals surface area (Å²) in [7, 11) is -2.13. The number of rotatable bonds is 7. The average molecular weight is 432 g/mol. The van der Waals surface area contributed by atoms with Crippen LogP contribution in [0.4, 0.5) is 5.69 Å². The molecule has 0 aliphatic heterocycles. The summed E-state index contributed by atoms with van der Waals surface area (Å²) in [5, 5.41) is 11.8. The summed E-state index contributed by atoms with van der Waals surface area (Å²) in [5.74, 6) is -0.385. The number of benzene rings is 3. The fourth-order valence-electron chi connectivity index (χ4n) is 2.91. The van der Waals surface area contributed by atoms with Crippen molar-refractivity contribution >= 4 is 27.7 Å². The van der Waals surface area contributed by atoms with E-state index in [-0.39, 0.29) is 17.3 Å². The van der Waals surface area contributed by atoms with E-state index in [4.69, 9.17) is 5.26 Å². The highest BCUT2D eigenvalue weighted by Crippen LogP contribution is 2.19. The quantitative estimate of drug-likeness (QED) is 0.572. The van der Waals surface area contributed by atoms with Gasteiger partial charge in [-0.05, 0) is 47.5 Å². The van der Waals surface area contributed by atoms with E-state index in [0.717, 1.165) is 5.56 Å². The van der Waals surface area contributed by atoms with Gasteiger partial charge in [-0.3, -0.25) is 4.79 Å². The van der Waals surface area contributed by atoms with Crippen molar-refractivity contribution in [1.82, 2.24) is 4.31 Å². The van der Waals surface area contributed by atoms with E-state index in [0.29, 0.717) is 16.8 Å². The summed E-state index contributed by atoms with van der Waals surface area (Å²) in [4.78, 5) is 12.3. The van der Waals surface area contributed by atoms with Gasteiger partial charge in [-0.15, -0.1) is 0 Å². The van der Waals surface area contributed by atoms with Crippen molar-refractivity contribution in [2.45, 2.75) is 11.4 Å². The van der Waals surface area contributed by atoms with Gasteiger partial charge in [0.25, 0.3) is 0 Å². The molecule has 0 atom stereocenters. The molecule has 0 radical (unpaired) electrons. The van der Waals surface area contributed by atoms with E-state index in [9.17, 15) is 13.2 Å². The Morgan fingerprint density at radius 1 is 1.00 bits per heavy atom. The van der Waals surface area contributed by atoms with Gasteiger partial charge in [-0.1, -0.05) is 48.5 Å². The lowest BCUT2D eigenvalue weighted by Crippen LogP contribution is -2.26. The summed E-state index contributed by atoms with van der Waals surface area (Å²) in [6.07, 6.45) is 2.89. The molecular formula is C24H21N3O3S. The van der Waals surface area contributed by atoms with Gasteiger partial charge in [-0.25, -0.2) is 8.42 Å². The van der Waals surface area contributed by atoms with Crippen molar-refractivity contribution < 1.29 is 13.2 Å². The zero-order valence-electron chi connectivity index (χ0n) is 16.9. The maximum atomic E-state index is 12.8. The number of nitrogens with one attached hydrogen (secondary N) is 1. The second kappa shape index (κ2) is 9.85. The Bertz CT molecular complexity index is 1230. The number of amides is 1. The maximum absolute atomic E-state index is 12.8. The molecule has 7 heteroatoms. The highest BCUT2D eigenvalue weighted by Gasteiger charge is 2.20. The zero-order valence-corrected chi connectivity index (χ0v) is 17.7. The van der Waals surface area contributed by atoms with Crippen LogP contribution in [0.3, 0.4) is 0 Å². The first-order chi connectivity index (χ1) is 14.9. The number of sulfonamides is 1.